The van der Waals surface area contributed by atoms with E-state index in [4.69, 9.17) is 14.2 Å². The Bertz CT molecular complexity index is 872. The summed E-state index contributed by atoms with van der Waals surface area (Å²) < 4.78 is 40.6. The van der Waals surface area contributed by atoms with Crippen molar-refractivity contribution in [1.82, 2.24) is 10.2 Å². The molecular formula is C21H34N2O13PS-. The Morgan fingerprint density at radius 2 is 1.76 bits per heavy atom. The van der Waals surface area contributed by atoms with E-state index >= 15 is 0 Å². The number of likely N-dealkylation sites (tertiary alicyclic amines) is 1. The Labute approximate surface area is 224 Å². The van der Waals surface area contributed by atoms with E-state index in [9.17, 15) is 33.4 Å². The van der Waals surface area contributed by atoms with Crippen molar-refractivity contribution < 1.29 is 61.4 Å². The predicted octanol–water partition coefficient (Wildman–Crippen LogP) is -0.00530. The van der Waals surface area contributed by atoms with Crippen molar-refractivity contribution in [1.29, 1.82) is 0 Å². The quantitative estimate of drug-likeness (QED) is 0.0741. The number of hydrogen-bond donors (Lipinski definition) is 1. The molecule has 1 saturated heterocycles. The van der Waals surface area contributed by atoms with Crippen molar-refractivity contribution in [3.63, 3.8) is 0 Å². The summed E-state index contributed by atoms with van der Waals surface area (Å²) in [5.74, 6) is -1.85. The highest BCUT2D eigenvalue weighted by Crippen LogP contribution is 2.38. The minimum atomic E-state index is -4.81. The molecule has 1 rings (SSSR count). The molecule has 3 amide bonds. The van der Waals surface area contributed by atoms with Gasteiger partial charge in [0.05, 0.1) is 38.2 Å². The number of carbonyl (C=O) groups excluding carboxylic acids is 5. The SMILES string of the molecule is CC(=O)OC[C@H](COP(=O)([O-])OCCNC(=O)OCCOCCN1C(=O)CC(SC(C)C)C1=O)OC(C)=O. The number of alkyl carbamates (subject to hydrolysis) is 1. The largest absolute Gasteiger partial charge is 0.756 e. The topological polar surface area (TPSA) is 196 Å². The number of amides is 3. The fourth-order valence-electron chi connectivity index (χ4n) is 2.91. The van der Waals surface area contributed by atoms with Crippen LogP contribution >= 0.6 is 19.6 Å². The number of hydrogen-bond acceptors (Lipinski definition) is 14. The van der Waals surface area contributed by atoms with Gasteiger partial charge in [0.25, 0.3) is 7.82 Å². The van der Waals surface area contributed by atoms with Gasteiger partial charge in [-0.1, -0.05) is 13.8 Å². The van der Waals surface area contributed by atoms with Gasteiger partial charge in [-0.2, -0.15) is 0 Å². The Kier molecular flexibility index (Phi) is 15.5. The number of thioether (sulfide) groups is 1. The molecule has 0 bridgehead atoms. The van der Waals surface area contributed by atoms with E-state index in [1.54, 1.807) is 0 Å². The molecule has 1 heterocycles. The molecule has 0 aromatic rings. The lowest BCUT2D eigenvalue weighted by Crippen LogP contribution is -2.35. The van der Waals surface area contributed by atoms with Crippen molar-refractivity contribution in [2.75, 3.05) is 52.7 Å². The second-order valence-corrected chi connectivity index (χ2v) is 11.2. The van der Waals surface area contributed by atoms with Crippen LogP contribution in [0.25, 0.3) is 0 Å². The van der Waals surface area contributed by atoms with E-state index in [-0.39, 0.29) is 61.6 Å². The van der Waals surface area contributed by atoms with Gasteiger partial charge in [-0.05, 0) is 5.25 Å². The van der Waals surface area contributed by atoms with Gasteiger partial charge < -0.3 is 38.2 Å². The van der Waals surface area contributed by atoms with Crippen LogP contribution in [0.5, 0.6) is 0 Å². The minimum absolute atomic E-state index is 0.0186. The van der Waals surface area contributed by atoms with Crippen molar-refractivity contribution in [3.8, 4) is 0 Å². The van der Waals surface area contributed by atoms with Crippen LogP contribution in [-0.2, 0) is 51.7 Å². The maximum absolute atomic E-state index is 12.3. The number of rotatable bonds is 18. The molecule has 1 N–H and O–H groups in total. The van der Waals surface area contributed by atoms with Crippen LogP contribution < -0.4 is 10.2 Å². The fourth-order valence-corrected chi connectivity index (χ4v) is 4.79. The zero-order chi connectivity index (χ0) is 28.7. The van der Waals surface area contributed by atoms with Crippen LogP contribution in [-0.4, -0.2) is 104 Å². The highest BCUT2D eigenvalue weighted by atomic mass is 32.2. The average Bonchev–Trinajstić information content (AvgIpc) is 3.07. The number of esters is 2. The van der Waals surface area contributed by atoms with E-state index in [0.29, 0.717) is 0 Å². The lowest BCUT2D eigenvalue weighted by atomic mass is 10.4. The molecule has 38 heavy (non-hydrogen) atoms. The summed E-state index contributed by atoms with van der Waals surface area (Å²) >= 11 is 1.45. The molecule has 1 fully saturated rings. The van der Waals surface area contributed by atoms with Crippen molar-refractivity contribution in [3.05, 3.63) is 0 Å². The summed E-state index contributed by atoms with van der Waals surface area (Å²) in [5, 5.41) is 2.12. The highest BCUT2D eigenvalue weighted by molar-refractivity contribution is 8.01. The summed E-state index contributed by atoms with van der Waals surface area (Å²) in [6.07, 6.45) is -1.84. The summed E-state index contributed by atoms with van der Waals surface area (Å²) in [4.78, 5) is 70.8. The first kappa shape index (κ1) is 33.8. The van der Waals surface area contributed by atoms with Gasteiger partial charge in [0.1, 0.15) is 13.2 Å². The number of phosphoric acid groups is 1. The summed E-state index contributed by atoms with van der Waals surface area (Å²) in [5.41, 5.74) is 0. The van der Waals surface area contributed by atoms with Crippen LogP contribution in [0, 0.1) is 0 Å². The summed E-state index contributed by atoms with van der Waals surface area (Å²) in [6.45, 7) is 4.48. The Morgan fingerprint density at radius 3 is 2.39 bits per heavy atom. The lowest BCUT2D eigenvalue weighted by Gasteiger charge is -2.25. The molecular weight excluding hydrogens is 551 g/mol. The molecule has 0 aliphatic carbocycles. The molecule has 0 radical (unpaired) electrons. The van der Waals surface area contributed by atoms with Gasteiger partial charge in [0.15, 0.2) is 6.10 Å². The first-order chi connectivity index (χ1) is 17.8. The Morgan fingerprint density at radius 1 is 1.05 bits per heavy atom. The number of phosphoric ester groups is 1. The van der Waals surface area contributed by atoms with Crippen LogP contribution in [0.15, 0.2) is 0 Å². The highest BCUT2D eigenvalue weighted by Gasteiger charge is 2.38. The minimum Gasteiger partial charge on any atom is -0.756 e. The molecule has 17 heteroatoms. The normalized spacial score (nSPS) is 17.7. The van der Waals surface area contributed by atoms with Crippen LogP contribution in [0.3, 0.4) is 0 Å². The van der Waals surface area contributed by atoms with E-state index in [1.165, 1.54) is 16.7 Å². The molecule has 0 aromatic carbocycles. The third-order valence-electron chi connectivity index (χ3n) is 4.40. The predicted molar refractivity (Wildman–Crippen MR) is 130 cm³/mol. The molecule has 218 valence electrons. The number of ether oxygens (including phenoxy) is 4. The standard InChI is InChI=1S/C21H35N2O13PS/c1-14(2)38-18-11-19(26)23(20(18)27)6-8-31-9-10-32-21(28)22-5-7-34-37(29,30)35-13-17(36-16(4)25)12-33-15(3)24/h14,17-18H,5-13H2,1-4H3,(H,22,28)(H,29,30)/p-1/t17-,18?/m1/s1. The molecule has 3 atom stereocenters. The van der Waals surface area contributed by atoms with E-state index in [0.717, 1.165) is 13.8 Å². The first-order valence-electron chi connectivity index (χ1n) is 11.7. The maximum atomic E-state index is 12.3. The maximum Gasteiger partial charge on any atom is 0.407 e. The number of nitrogens with one attached hydrogen (secondary N) is 1. The van der Waals surface area contributed by atoms with E-state index < -0.39 is 51.8 Å². The van der Waals surface area contributed by atoms with Gasteiger partial charge in [-0.3, -0.25) is 28.6 Å². The van der Waals surface area contributed by atoms with Gasteiger partial charge in [-0.15, -0.1) is 11.8 Å². The Hall–Kier alpha value is -2.23. The van der Waals surface area contributed by atoms with Gasteiger partial charge in [-0.25, -0.2) is 4.79 Å². The number of carbonyl (C=O) groups is 5. The lowest BCUT2D eigenvalue weighted by molar-refractivity contribution is -0.228. The molecule has 1 aliphatic rings. The fraction of sp³-hybridized carbons (Fsp3) is 0.762. The van der Waals surface area contributed by atoms with Crippen LogP contribution in [0.1, 0.15) is 34.1 Å². The zero-order valence-electron chi connectivity index (χ0n) is 21.7. The molecule has 0 spiro atoms. The van der Waals surface area contributed by atoms with Crippen molar-refractivity contribution in [2.45, 2.75) is 50.7 Å². The van der Waals surface area contributed by atoms with Gasteiger partial charge >= 0.3 is 18.0 Å². The zero-order valence-corrected chi connectivity index (χ0v) is 23.4. The van der Waals surface area contributed by atoms with Crippen molar-refractivity contribution in [2.24, 2.45) is 0 Å². The molecule has 0 saturated carbocycles. The Balaban J connectivity index is 2.16. The molecule has 1 aliphatic heterocycles. The van der Waals surface area contributed by atoms with Gasteiger partial charge in [0.2, 0.25) is 11.8 Å². The number of imide groups is 1. The molecule has 2 unspecified atom stereocenters. The molecule has 15 nitrogen and oxygen atoms in total. The smallest absolute Gasteiger partial charge is 0.407 e. The second kappa shape index (κ2) is 17.4. The monoisotopic (exact) mass is 585 g/mol. The first-order valence-corrected chi connectivity index (χ1v) is 14.1. The summed E-state index contributed by atoms with van der Waals surface area (Å²) in [7, 11) is -4.81. The third-order valence-corrected chi connectivity index (χ3v) is 6.61. The van der Waals surface area contributed by atoms with Crippen LogP contribution in [0.2, 0.25) is 0 Å². The third kappa shape index (κ3) is 14.6. The van der Waals surface area contributed by atoms with E-state index in [2.05, 4.69) is 19.1 Å². The van der Waals surface area contributed by atoms with Gasteiger partial charge in [0, 0.05) is 26.8 Å². The van der Waals surface area contributed by atoms with Crippen molar-refractivity contribution >= 4 is 49.4 Å². The number of nitrogens with zero attached hydrogens (tertiary/aromatic N) is 1. The average molecular weight is 586 g/mol. The summed E-state index contributed by atoms with van der Waals surface area (Å²) in [6, 6.07) is 0. The second-order valence-electron chi connectivity index (χ2n) is 8.05. The van der Waals surface area contributed by atoms with E-state index in [1.807, 2.05) is 13.8 Å². The van der Waals surface area contributed by atoms with Crippen LogP contribution in [0.4, 0.5) is 4.79 Å². The molecule has 0 aromatic heterocycles.